The van der Waals surface area contributed by atoms with Crippen LogP contribution in [-0.2, 0) is 0 Å². The quantitative estimate of drug-likeness (QED) is 0.740. The van der Waals surface area contributed by atoms with Crippen LogP contribution in [0.4, 0.5) is 0 Å². The van der Waals surface area contributed by atoms with Crippen molar-refractivity contribution in [2.24, 2.45) is 5.41 Å². The molecule has 3 heteroatoms. The van der Waals surface area contributed by atoms with Crippen molar-refractivity contribution in [2.75, 3.05) is 45.2 Å². The van der Waals surface area contributed by atoms with Crippen molar-refractivity contribution in [3.63, 3.8) is 0 Å². The highest BCUT2D eigenvalue weighted by Crippen LogP contribution is 2.34. The molecule has 1 saturated heterocycles. The first-order valence-electron chi connectivity index (χ1n) is 6.61. The fourth-order valence-electron chi connectivity index (χ4n) is 2.87. The van der Waals surface area contributed by atoms with Crippen LogP contribution in [0.1, 0.15) is 32.6 Å². The van der Waals surface area contributed by atoms with Crippen LogP contribution in [-0.4, -0.2) is 50.1 Å². The average molecular weight is 244 g/mol. The normalized spacial score (nSPS) is 20.2. The molecule has 1 aliphatic rings. The van der Waals surface area contributed by atoms with Crippen molar-refractivity contribution in [3.05, 3.63) is 0 Å². The molecule has 2 nitrogen and oxygen atoms in total. The van der Waals surface area contributed by atoms with E-state index in [2.05, 4.69) is 30.4 Å². The van der Waals surface area contributed by atoms with E-state index in [1.54, 1.807) is 0 Å². The van der Waals surface area contributed by atoms with E-state index < -0.39 is 0 Å². The number of nitrogens with one attached hydrogen (secondary N) is 1. The molecule has 0 aromatic heterocycles. The van der Waals surface area contributed by atoms with Gasteiger partial charge in [-0.05, 0) is 51.1 Å². The van der Waals surface area contributed by atoms with Gasteiger partial charge in [0, 0.05) is 18.8 Å². The van der Waals surface area contributed by atoms with E-state index in [4.69, 9.17) is 0 Å². The fraction of sp³-hybridized carbons (Fsp3) is 1.00. The summed E-state index contributed by atoms with van der Waals surface area (Å²) >= 11 is 1.95. The lowest BCUT2D eigenvalue weighted by Crippen LogP contribution is -2.44. The van der Waals surface area contributed by atoms with Gasteiger partial charge in [0.25, 0.3) is 0 Å². The molecule has 1 fully saturated rings. The van der Waals surface area contributed by atoms with Gasteiger partial charge in [-0.1, -0.05) is 13.3 Å². The SMILES string of the molecule is CCCC1(CN(C)CCSC)CCNCC1. The maximum absolute atomic E-state index is 3.49. The van der Waals surface area contributed by atoms with Gasteiger partial charge in [0.1, 0.15) is 0 Å². The molecule has 0 unspecified atom stereocenters. The molecule has 0 spiro atoms. The Morgan fingerprint density at radius 2 is 2.00 bits per heavy atom. The van der Waals surface area contributed by atoms with Crippen molar-refractivity contribution >= 4 is 11.8 Å². The summed E-state index contributed by atoms with van der Waals surface area (Å²) < 4.78 is 0. The Bertz CT molecular complexity index is 173. The number of rotatable bonds is 7. The molecule has 1 rings (SSSR count). The molecule has 16 heavy (non-hydrogen) atoms. The van der Waals surface area contributed by atoms with Crippen molar-refractivity contribution in [1.82, 2.24) is 10.2 Å². The van der Waals surface area contributed by atoms with Gasteiger partial charge in [-0.15, -0.1) is 0 Å². The van der Waals surface area contributed by atoms with Crippen LogP contribution in [0.15, 0.2) is 0 Å². The topological polar surface area (TPSA) is 15.3 Å². The van der Waals surface area contributed by atoms with Crippen LogP contribution < -0.4 is 5.32 Å². The zero-order valence-corrected chi connectivity index (χ0v) is 12.0. The maximum Gasteiger partial charge on any atom is 0.00694 e. The number of thioether (sulfide) groups is 1. The lowest BCUT2D eigenvalue weighted by atomic mass is 9.75. The molecule has 0 aromatic carbocycles. The van der Waals surface area contributed by atoms with Crippen LogP contribution in [0, 0.1) is 5.41 Å². The van der Waals surface area contributed by atoms with Crippen LogP contribution in [0.2, 0.25) is 0 Å². The van der Waals surface area contributed by atoms with Crippen LogP contribution in [0.5, 0.6) is 0 Å². The van der Waals surface area contributed by atoms with E-state index >= 15 is 0 Å². The summed E-state index contributed by atoms with van der Waals surface area (Å²) in [5.41, 5.74) is 0.604. The standard InChI is InChI=1S/C13H28N2S/c1-4-5-13(6-8-14-9-7-13)12-15(2)10-11-16-3/h14H,4-12H2,1-3H3. The Kier molecular flexibility index (Phi) is 6.78. The molecule has 0 saturated carbocycles. The lowest BCUT2D eigenvalue weighted by molar-refractivity contribution is 0.120. The van der Waals surface area contributed by atoms with E-state index in [1.165, 1.54) is 57.6 Å². The molecule has 0 aromatic rings. The smallest absolute Gasteiger partial charge is 0.00694 e. The molecule has 1 N–H and O–H groups in total. The zero-order valence-electron chi connectivity index (χ0n) is 11.2. The summed E-state index contributed by atoms with van der Waals surface area (Å²) in [6.45, 7) is 7.29. The van der Waals surface area contributed by atoms with Gasteiger partial charge in [0.05, 0.1) is 0 Å². The Morgan fingerprint density at radius 3 is 2.56 bits per heavy atom. The monoisotopic (exact) mass is 244 g/mol. The minimum Gasteiger partial charge on any atom is -0.317 e. The minimum atomic E-state index is 0.604. The molecule has 0 radical (unpaired) electrons. The zero-order chi connectivity index (χ0) is 11.9. The van der Waals surface area contributed by atoms with Gasteiger partial charge >= 0.3 is 0 Å². The van der Waals surface area contributed by atoms with Crippen LogP contribution in [0.3, 0.4) is 0 Å². The molecule has 0 aliphatic carbocycles. The second-order valence-corrected chi connectivity index (χ2v) is 6.22. The molecule has 0 atom stereocenters. The summed E-state index contributed by atoms with van der Waals surface area (Å²) in [5.74, 6) is 1.26. The Balaban J connectivity index is 2.42. The molecule has 0 bridgehead atoms. The highest BCUT2D eigenvalue weighted by Gasteiger charge is 2.31. The van der Waals surface area contributed by atoms with Crippen molar-refractivity contribution in [1.29, 1.82) is 0 Å². The largest absolute Gasteiger partial charge is 0.317 e. The number of hydrogen-bond donors (Lipinski definition) is 1. The minimum absolute atomic E-state index is 0.604. The predicted octanol–water partition coefficient (Wildman–Crippen LogP) is 2.45. The van der Waals surface area contributed by atoms with Gasteiger partial charge in [0.2, 0.25) is 0 Å². The maximum atomic E-state index is 3.49. The number of piperidine rings is 1. The van der Waals surface area contributed by atoms with E-state index in [-0.39, 0.29) is 0 Å². The van der Waals surface area contributed by atoms with E-state index in [0.717, 1.165) is 0 Å². The molecule has 0 amide bonds. The highest BCUT2D eigenvalue weighted by molar-refractivity contribution is 7.98. The Hall–Kier alpha value is 0.270. The first-order valence-corrected chi connectivity index (χ1v) is 8.00. The molecular weight excluding hydrogens is 216 g/mol. The van der Waals surface area contributed by atoms with Gasteiger partial charge in [-0.3, -0.25) is 0 Å². The van der Waals surface area contributed by atoms with E-state index in [1.807, 2.05) is 11.8 Å². The van der Waals surface area contributed by atoms with Gasteiger partial charge in [0.15, 0.2) is 0 Å². The summed E-state index contributed by atoms with van der Waals surface area (Å²) in [7, 11) is 2.29. The second-order valence-electron chi connectivity index (χ2n) is 5.23. The fourth-order valence-corrected chi connectivity index (χ4v) is 3.37. The molecule has 1 aliphatic heterocycles. The predicted molar refractivity (Wildman–Crippen MR) is 75.3 cm³/mol. The first-order chi connectivity index (χ1) is 7.72. The third-order valence-electron chi connectivity index (χ3n) is 3.73. The van der Waals surface area contributed by atoms with Gasteiger partial charge in [-0.25, -0.2) is 0 Å². The summed E-state index contributed by atoms with van der Waals surface area (Å²) in [6, 6.07) is 0. The second kappa shape index (κ2) is 7.57. The van der Waals surface area contributed by atoms with Crippen molar-refractivity contribution < 1.29 is 0 Å². The van der Waals surface area contributed by atoms with Crippen molar-refractivity contribution in [3.8, 4) is 0 Å². The molecular formula is C13H28N2S. The lowest BCUT2D eigenvalue weighted by Gasteiger charge is -2.40. The van der Waals surface area contributed by atoms with Crippen LogP contribution >= 0.6 is 11.8 Å². The van der Waals surface area contributed by atoms with E-state index in [0.29, 0.717) is 5.41 Å². The third kappa shape index (κ3) is 4.64. The van der Waals surface area contributed by atoms with E-state index in [9.17, 15) is 0 Å². The Labute approximate surface area is 106 Å². The molecule has 1 heterocycles. The first kappa shape index (κ1) is 14.3. The third-order valence-corrected chi connectivity index (χ3v) is 4.32. The molecule has 96 valence electrons. The van der Waals surface area contributed by atoms with Crippen LogP contribution in [0.25, 0.3) is 0 Å². The van der Waals surface area contributed by atoms with Crippen molar-refractivity contribution in [2.45, 2.75) is 32.6 Å². The highest BCUT2D eigenvalue weighted by atomic mass is 32.2. The van der Waals surface area contributed by atoms with Gasteiger partial charge in [-0.2, -0.15) is 11.8 Å². The summed E-state index contributed by atoms with van der Waals surface area (Å²) in [4.78, 5) is 2.54. The number of hydrogen-bond acceptors (Lipinski definition) is 3. The Morgan fingerprint density at radius 1 is 1.31 bits per heavy atom. The van der Waals surface area contributed by atoms with Gasteiger partial charge < -0.3 is 10.2 Å². The average Bonchev–Trinajstić information content (AvgIpc) is 2.28. The summed E-state index contributed by atoms with van der Waals surface area (Å²) in [6.07, 6.45) is 7.66. The summed E-state index contributed by atoms with van der Waals surface area (Å²) in [5, 5.41) is 3.49. The number of nitrogens with zero attached hydrogens (tertiary/aromatic N) is 1.